The van der Waals surface area contributed by atoms with Crippen LogP contribution in [0, 0.1) is 0 Å². The van der Waals surface area contributed by atoms with Crippen LogP contribution in [0.15, 0.2) is 241 Å². The smallest absolute Gasteiger partial charge is 0.143 e. The Morgan fingerprint density at radius 2 is 1.01 bits per heavy atom. The van der Waals surface area contributed by atoms with Crippen molar-refractivity contribution in [2.45, 2.75) is 19.3 Å². The summed E-state index contributed by atoms with van der Waals surface area (Å²) in [7, 11) is 0. The second-order valence-corrected chi connectivity index (χ2v) is 20.2. The van der Waals surface area contributed by atoms with Gasteiger partial charge in [0.05, 0.1) is 5.69 Å². The van der Waals surface area contributed by atoms with Crippen LogP contribution in [0.5, 0.6) is 0 Å². The van der Waals surface area contributed by atoms with Crippen molar-refractivity contribution < 1.29 is 4.42 Å². The summed E-state index contributed by atoms with van der Waals surface area (Å²) in [5, 5.41) is 7.07. The molecule has 0 fully saturated rings. The van der Waals surface area contributed by atoms with Crippen molar-refractivity contribution in [3.05, 3.63) is 248 Å². The lowest BCUT2D eigenvalue weighted by Crippen LogP contribution is -2.14. The first-order chi connectivity index (χ1) is 34.5. The average molecular weight is 912 g/mol. The molecule has 0 saturated heterocycles. The van der Waals surface area contributed by atoms with Gasteiger partial charge in [-0.2, -0.15) is 0 Å². The van der Waals surface area contributed by atoms with Crippen LogP contribution in [0.3, 0.4) is 0 Å². The summed E-state index contributed by atoms with van der Waals surface area (Å²) in [4.78, 5) is 2.44. The Kier molecular flexibility index (Phi) is 9.14. The largest absolute Gasteiger partial charge is 0.455 e. The van der Waals surface area contributed by atoms with Gasteiger partial charge in [0.25, 0.3) is 0 Å². The number of nitrogens with zero attached hydrogens (tertiary/aromatic N) is 1. The molecule has 0 spiro atoms. The van der Waals surface area contributed by atoms with Crippen LogP contribution in [-0.2, 0) is 5.41 Å². The first-order valence-electron chi connectivity index (χ1n) is 24.1. The van der Waals surface area contributed by atoms with E-state index in [0.29, 0.717) is 0 Å². The first-order valence-corrected chi connectivity index (χ1v) is 25.0. The molecule has 1 aliphatic rings. The molecule has 2 heterocycles. The zero-order chi connectivity index (χ0) is 46.5. The Morgan fingerprint density at radius 1 is 0.400 bits per heavy atom. The van der Waals surface area contributed by atoms with E-state index in [-0.39, 0.29) is 5.41 Å². The molecule has 11 aromatic carbocycles. The number of rotatable bonds is 7. The third-order valence-corrected chi connectivity index (χ3v) is 16.1. The highest BCUT2D eigenvalue weighted by Crippen LogP contribution is 2.52. The highest BCUT2D eigenvalue weighted by molar-refractivity contribution is 7.26. The maximum Gasteiger partial charge on any atom is 0.143 e. The molecule has 14 rings (SSSR count). The molecule has 0 saturated carbocycles. The van der Waals surface area contributed by atoms with E-state index in [1.165, 1.54) is 75.8 Å². The van der Waals surface area contributed by atoms with Crippen molar-refractivity contribution in [1.82, 2.24) is 0 Å². The topological polar surface area (TPSA) is 16.4 Å². The van der Waals surface area contributed by atoms with Crippen molar-refractivity contribution in [1.29, 1.82) is 0 Å². The van der Waals surface area contributed by atoms with E-state index in [4.69, 9.17) is 4.42 Å². The van der Waals surface area contributed by atoms with Gasteiger partial charge < -0.3 is 9.32 Å². The number of furan rings is 1. The minimum atomic E-state index is -0.104. The summed E-state index contributed by atoms with van der Waals surface area (Å²) in [5.41, 5.74) is 19.7. The van der Waals surface area contributed by atoms with Crippen LogP contribution in [0.2, 0.25) is 0 Å². The predicted molar refractivity (Wildman–Crippen MR) is 298 cm³/mol. The quantitative estimate of drug-likeness (QED) is 0.158. The molecule has 0 atom stereocenters. The number of hydrogen-bond donors (Lipinski definition) is 0. The van der Waals surface area contributed by atoms with Gasteiger partial charge in [0.1, 0.15) is 11.2 Å². The van der Waals surface area contributed by atoms with Gasteiger partial charge in [0.2, 0.25) is 0 Å². The maximum absolute atomic E-state index is 6.96. The molecule has 3 heteroatoms. The van der Waals surface area contributed by atoms with Crippen LogP contribution in [-0.4, -0.2) is 0 Å². The average Bonchev–Trinajstić information content (AvgIpc) is 4.07. The highest BCUT2D eigenvalue weighted by atomic mass is 32.1. The number of anilines is 3. The number of benzene rings is 11. The molecule has 1 aliphatic carbocycles. The minimum Gasteiger partial charge on any atom is -0.455 e. The van der Waals surface area contributed by atoms with Gasteiger partial charge in [-0.15, -0.1) is 11.3 Å². The van der Waals surface area contributed by atoms with E-state index >= 15 is 0 Å². The lowest BCUT2D eigenvalue weighted by Gasteiger charge is -2.29. The molecular weight excluding hydrogens is 867 g/mol. The molecule has 2 nitrogen and oxygen atoms in total. The summed E-state index contributed by atoms with van der Waals surface area (Å²) in [6, 6.07) is 86.9. The molecule has 70 heavy (non-hydrogen) atoms. The number of fused-ring (bicyclic) bond motifs is 11. The van der Waals surface area contributed by atoms with E-state index < -0.39 is 0 Å². The van der Waals surface area contributed by atoms with E-state index in [2.05, 4.69) is 255 Å². The molecule has 2 aromatic heterocycles. The monoisotopic (exact) mass is 911 g/mol. The second kappa shape index (κ2) is 15.8. The lowest BCUT2D eigenvalue weighted by molar-refractivity contribution is 0.660. The van der Waals surface area contributed by atoms with E-state index in [1.54, 1.807) is 0 Å². The van der Waals surface area contributed by atoms with E-state index in [9.17, 15) is 0 Å². The SMILES string of the molecule is CC1(C)c2ccccc2-c2ccc(-c3cccc(-c4c(N(c5ccc(-c6ccccc6)cc5)c5ccc(-c6cccc7c6sc6ccccc67)cc5)ccc5oc6c7ccccc7ccc6c45)c3)cc21. The Labute approximate surface area is 411 Å². The highest BCUT2D eigenvalue weighted by Gasteiger charge is 2.35. The zero-order valence-electron chi connectivity index (χ0n) is 38.8. The number of thiophene rings is 1. The third kappa shape index (κ3) is 6.32. The predicted octanol–water partition coefficient (Wildman–Crippen LogP) is 19.6. The molecule has 0 N–H and O–H groups in total. The summed E-state index contributed by atoms with van der Waals surface area (Å²) in [5.74, 6) is 0. The summed E-state index contributed by atoms with van der Waals surface area (Å²) in [6.45, 7) is 4.72. The minimum absolute atomic E-state index is 0.104. The van der Waals surface area contributed by atoms with Crippen molar-refractivity contribution >= 4 is 81.3 Å². The van der Waals surface area contributed by atoms with Gasteiger partial charge in [-0.3, -0.25) is 0 Å². The first kappa shape index (κ1) is 40.6. The van der Waals surface area contributed by atoms with E-state index in [0.717, 1.165) is 60.9 Å². The Morgan fingerprint density at radius 3 is 1.86 bits per heavy atom. The van der Waals surface area contributed by atoms with Gasteiger partial charge in [0.15, 0.2) is 0 Å². The van der Waals surface area contributed by atoms with E-state index in [1.807, 2.05) is 11.3 Å². The standard InChI is InChI=1S/C67H45NOS/c1-67(2)58-24-10-8-20-53(58)54-36-31-47(41-59(54)67)46-17-12-18-48(40-46)63-60(38-39-61-64(63)57-37-30-44-16-6-7-19-51(44)65(57)69-61)68(49-32-26-43(27-33-49)42-14-4-3-5-15-42)50-34-28-45(29-35-50)52-22-13-23-56-55-21-9-11-25-62(55)70-66(52)56/h3-41H,1-2H3. The Hall–Kier alpha value is -8.50. The fourth-order valence-electron chi connectivity index (χ4n) is 11.4. The fourth-order valence-corrected chi connectivity index (χ4v) is 12.7. The zero-order valence-corrected chi connectivity index (χ0v) is 39.6. The number of hydrogen-bond acceptors (Lipinski definition) is 3. The molecule has 0 amide bonds. The maximum atomic E-state index is 6.96. The van der Waals surface area contributed by atoms with Gasteiger partial charge in [-0.25, -0.2) is 0 Å². The van der Waals surface area contributed by atoms with Crippen molar-refractivity contribution in [2.24, 2.45) is 0 Å². The summed E-state index contributed by atoms with van der Waals surface area (Å²) < 4.78 is 9.58. The normalized spacial score (nSPS) is 12.8. The van der Waals surface area contributed by atoms with Crippen molar-refractivity contribution in [3.63, 3.8) is 0 Å². The molecule has 0 radical (unpaired) electrons. The van der Waals surface area contributed by atoms with Crippen molar-refractivity contribution in [3.8, 4) is 55.6 Å². The van der Waals surface area contributed by atoms with Crippen LogP contribution >= 0.6 is 11.3 Å². The molecule has 330 valence electrons. The molecular formula is C67H45NOS. The van der Waals surface area contributed by atoms with Gasteiger partial charge in [-0.05, 0) is 127 Å². The Balaban J connectivity index is 0.987. The third-order valence-electron chi connectivity index (χ3n) is 14.9. The molecule has 0 bridgehead atoms. The van der Waals surface area contributed by atoms with Crippen LogP contribution in [0.1, 0.15) is 25.0 Å². The lowest BCUT2D eigenvalue weighted by atomic mass is 9.81. The second-order valence-electron chi connectivity index (χ2n) is 19.2. The van der Waals surface area contributed by atoms with Crippen LogP contribution in [0.25, 0.3) is 109 Å². The fraction of sp³-hybridized carbons (Fsp3) is 0.0448. The summed E-state index contributed by atoms with van der Waals surface area (Å²) in [6.07, 6.45) is 0. The van der Waals surface area contributed by atoms with Crippen LogP contribution in [0.4, 0.5) is 17.1 Å². The molecule has 13 aromatic rings. The van der Waals surface area contributed by atoms with Gasteiger partial charge >= 0.3 is 0 Å². The van der Waals surface area contributed by atoms with Crippen LogP contribution < -0.4 is 4.90 Å². The van der Waals surface area contributed by atoms with Gasteiger partial charge in [0, 0.05) is 58.7 Å². The summed E-state index contributed by atoms with van der Waals surface area (Å²) >= 11 is 1.87. The Bertz CT molecular complexity index is 4190. The van der Waals surface area contributed by atoms with Gasteiger partial charge in [-0.1, -0.05) is 190 Å². The molecule has 0 aliphatic heterocycles. The van der Waals surface area contributed by atoms with Crippen molar-refractivity contribution in [2.75, 3.05) is 4.90 Å². The molecule has 0 unspecified atom stereocenters.